The summed E-state index contributed by atoms with van der Waals surface area (Å²) in [5.74, 6) is 0.354. The van der Waals surface area contributed by atoms with Crippen molar-refractivity contribution in [1.29, 1.82) is 0 Å². The summed E-state index contributed by atoms with van der Waals surface area (Å²) >= 11 is 0. The SMILES string of the molecule is CC(NC(=O)c1ccco1)c1nc(-c2ccc(NS(C)(=O)=O)cc2)no1. The van der Waals surface area contributed by atoms with Gasteiger partial charge in [-0.1, -0.05) is 5.16 Å². The topological polar surface area (TPSA) is 127 Å². The number of carbonyl (C=O) groups excluding carboxylic acids is 1. The lowest BCUT2D eigenvalue weighted by atomic mass is 10.2. The number of nitrogens with one attached hydrogen (secondary N) is 2. The number of rotatable bonds is 6. The van der Waals surface area contributed by atoms with E-state index in [0.717, 1.165) is 6.26 Å². The van der Waals surface area contributed by atoms with Gasteiger partial charge in [-0.15, -0.1) is 0 Å². The smallest absolute Gasteiger partial charge is 0.287 e. The fourth-order valence-corrected chi connectivity index (χ4v) is 2.73. The Morgan fingerprint density at radius 2 is 1.92 bits per heavy atom. The van der Waals surface area contributed by atoms with Crippen molar-refractivity contribution in [3.8, 4) is 11.4 Å². The van der Waals surface area contributed by atoms with Gasteiger partial charge in [0.1, 0.15) is 6.04 Å². The molecule has 1 unspecified atom stereocenters. The second-order valence-corrected chi connectivity index (χ2v) is 7.33. The van der Waals surface area contributed by atoms with Crippen LogP contribution in [-0.2, 0) is 10.0 Å². The summed E-state index contributed by atoms with van der Waals surface area (Å²) in [6.45, 7) is 1.71. The lowest BCUT2D eigenvalue weighted by Gasteiger charge is -2.07. The van der Waals surface area contributed by atoms with Crippen molar-refractivity contribution in [1.82, 2.24) is 15.5 Å². The summed E-state index contributed by atoms with van der Waals surface area (Å²) in [5.41, 5.74) is 1.07. The Hall–Kier alpha value is -3.14. The molecule has 0 aliphatic rings. The maximum absolute atomic E-state index is 12.0. The fraction of sp³-hybridized carbons (Fsp3) is 0.188. The van der Waals surface area contributed by atoms with Crippen LogP contribution < -0.4 is 10.0 Å². The fourth-order valence-electron chi connectivity index (χ4n) is 2.17. The number of carbonyl (C=O) groups is 1. The summed E-state index contributed by atoms with van der Waals surface area (Å²) in [4.78, 5) is 16.2. The molecule has 136 valence electrons. The van der Waals surface area contributed by atoms with Crippen molar-refractivity contribution < 1.29 is 22.2 Å². The second kappa shape index (κ2) is 7.00. The third-order valence-electron chi connectivity index (χ3n) is 3.35. The Labute approximate surface area is 149 Å². The molecule has 1 amide bonds. The van der Waals surface area contributed by atoms with Gasteiger partial charge in [-0.2, -0.15) is 4.98 Å². The standard InChI is InChI=1S/C16H16N4O5S/c1-10(17-15(21)13-4-3-9-24-13)16-18-14(19-25-16)11-5-7-12(8-6-11)20-26(2,22)23/h3-10,20H,1-2H3,(H,17,21). The Morgan fingerprint density at radius 3 is 2.54 bits per heavy atom. The molecule has 0 saturated heterocycles. The second-order valence-electron chi connectivity index (χ2n) is 5.58. The molecule has 0 saturated carbocycles. The van der Waals surface area contributed by atoms with E-state index in [4.69, 9.17) is 8.94 Å². The van der Waals surface area contributed by atoms with Crippen molar-refractivity contribution in [3.05, 3.63) is 54.3 Å². The summed E-state index contributed by atoms with van der Waals surface area (Å²) in [5, 5.41) is 6.57. The first-order chi connectivity index (χ1) is 12.3. The molecule has 0 fully saturated rings. The van der Waals surface area contributed by atoms with Crippen LogP contribution in [0.4, 0.5) is 5.69 Å². The van der Waals surface area contributed by atoms with Crippen LogP contribution in [-0.4, -0.2) is 30.7 Å². The van der Waals surface area contributed by atoms with Gasteiger partial charge in [0.25, 0.3) is 5.91 Å². The summed E-state index contributed by atoms with van der Waals surface area (Å²) < 4.78 is 35.0. The van der Waals surface area contributed by atoms with Crippen LogP contribution in [0.5, 0.6) is 0 Å². The quantitative estimate of drug-likeness (QED) is 0.675. The summed E-state index contributed by atoms with van der Waals surface area (Å²) in [6, 6.07) is 9.16. The molecule has 0 spiro atoms. The van der Waals surface area contributed by atoms with Crippen molar-refractivity contribution in [2.24, 2.45) is 0 Å². The maximum Gasteiger partial charge on any atom is 0.287 e. The Bertz CT molecular complexity index is 994. The minimum absolute atomic E-state index is 0.186. The molecule has 1 atom stereocenters. The molecule has 0 bridgehead atoms. The van der Waals surface area contributed by atoms with Gasteiger partial charge >= 0.3 is 0 Å². The summed E-state index contributed by atoms with van der Waals surface area (Å²) in [6.07, 6.45) is 2.48. The van der Waals surface area contributed by atoms with E-state index in [1.807, 2.05) is 0 Å². The highest BCUT2D eigenvalue weighted by molar-refractivity contribution is 7.92. The molecule has 0 aliphatic carbocycles. The van der Waals surface area contributed by atoms with Crippen molar-refractivity contribution >= 4 is 21.6 Å². The first kappa shape index (κ1) is 17.7. The molecule has 26 heavy (non-hydrogen) atoms. The van der Waals surface area contributed by atoms with Crippen LogP contribution in [0.1, 0.15) is 29.4 Å². The number of sulfonamides is 1. The molecule has 10 heteroatoms. The van der Waals surface area contributed by atoms with Crippen LogP contribution >= 0.6 is 0 Å². The molecule has 2 aromatic heterocycles. The Balaban J connectivity index is 1.70. The van der Waals surface area contributed by atoms with Crippen LogP contribution in [0.2, 0.25) is 0 Å². The zero-order valence-corrected chi connectivity index (χ0v) is 14.8. The molecule has 0 radical (unpaired) electrons. The van der Waals surface area contributed by atoms with Gasteiger partial charge in [-0.25, -0.2) is 8.42 Å². The minimum Gasteiger partial charge on any atom is -0.459 e. The number of amides is 1. The van der Waals surface area contributed by atoms with E-state index >= 15 is 0 Å². The molecule has 3 rings (SSSR count). The lowest BCUT2D eigenvalue weighted by Crippen LogP contribution is -2.26. The highest BCUT2D eigenvalue weighted by atomic mass is 32.2. The number of nitrogens with zero attached hydrogens (tertiary/aromatic N) is 2. The van der Waals surface area contributed by atoms with Crippen molar-refractivity contribution in [2.45, 2.75) is 13.0 Å². The molecular weight excluding hydrogens is 360 g/mol. The number of anilines is 1. The highest BCUT2D eigenvalue weighted by Gasteiger charge is 2.19. The van der Waals surface area contributed by atoms with Gasteiger partial charge in [-0.3, -0.25) is 9.52 Å². The average molecular weight is 376 g/mol. The van der Waals surface area contributed by atoms with Crippen molar-refractivity contribution in [2.75, 3.05) is 11.0 Å². The molecule has 2 N–H and O–H groups in total. The number of hydrogen-bond donors (Lipinski definition) is 2. The lowest BCUT2D eigenvalue weighted by molar-refractivity contribution is 0.0904. The Kier molecular flexibility index (Phi) is 4.76. The Morgan fingerprint density at radius 1 is 1.19 bits per heavy atom. The molecule has 0 aliphatic heterocycles. The molecule has 2 heterocycles. The van der Waals surface area contributed by atoms with E-state index in [2.05, 4.69) is 20.2 Å². The monoisotopic (exact) mass is 376 g/mol. The third-order valence-corrected chi connectivity index (χ3v) is 3.96. The van der Waals surface area contributed by atoms with E-state index in [-0.39, 0.29) is 11.7 Å². The van der Waals surface area contributed by atoms with E-state index < -0.39 is 22.0 Å². The number of furan rings is 1. The largest absolute Gasteiger partial charge is 0.459 e. The third kappa shape index (κ3) is 4.28. The normalized spacial score (nSPS) is 12.5. The first-order valence-corrected chi connectivity index (χ1v) is 9.47. The van der Waals surface area contributed by atoms with Gasteiger partial charge in [-0.05, 0) is 43.3 Å². The van der Waals surface area contributed by atoms with Crippen LogP contribution in [0.25, 0.3) is 11.4 Å². The van der Waals surface area contributed by atoms with E-state index in [0.29, 0.717) is 17.1 Å². The van der Waals surface area contributed by atoms with E-state index in [1.165, 1.54) is 6.26 Å². The number of benzene rings is 1. The summed E-state index contributed by atoms with van der Waals surface area (Å²) in [7, 11) is -3.34. The average Bonchev–Trinajstić information content (AvgIpc) is 3.26. The predicted molar refractivity (Wildman–Crippen MR) is 92.8 cm³/mol. The van der Waals surface area contributed by atoms with E-state index in [9.17, 15) is 13.2 Å². The molecule has 9 nitrogen and oxygen atoms in total. The minimum atomic E-state index is -3.34. The van der Waals surface area contributed by atoms with Crippen LogP contribution in [0, 0.1) is 0 Å². The predicted octanol–water partition coefficient (Wildman–Crippen LogP) is 2.19. The van der Waals surface area contributed by atoms with Gasteiger partial charge < -0.3 is 14.3 Å². The van der Waals surface area contributed by atoms with Gasteiger partial charge in [0.05, 0.1) is 12.5 Å². The van der Waals surface area contributed by atoms with Crippen molar-refractivity contribution in [3.63, 3.8) is 0 Å². The van der Waals surface area contributed by atoms with Gasteiger partial charge in [0.15, 0.2) is 5.76 Å². The molecule has 3 aromatic rings. The van der Waals surface area contributed by atoms with Crippen LogP contribution in [0.3, 0.4) is 0 Å². The van der Waals surface area contributed by atoms with Gasteiger partial charge in [0, 0.05) is 11.3 Å². The number of aromatic nitrogens is 2. The zero-order chi connectivity index (χ0) is 18.7. The molecule has 1 aromatic carbocycles. The number of hydrogen-bond acceptors (Lipinski definition) is 7. The molecular formula is C16H16N4O5S. The zero-order valence-electron chi connectivity index (χ0n) is 14.0. The van der Waals surface area contributed by atoms with Crippen LogP contribution in [0.15, 0.2) is 51.6 Å². The maximum atomic E-state index is 12.0. The first-order valence-electron chi connectivity index (χ1n) is 7.58. The highest BCUT2D eigenvalue weighted by Crippen LogP contribution is 2.21. The van der Waals surface area contributed by atoms with Gasteiger partial charge in [0.2, 0.25) is 21.7 Å². The van der Waals surface area contributed by atoms with E-state index in [1.54, 1.807) is 43.3 Å².